The van der Waals surface area contributed by atoms with Gasteiger partial charge >= 0.3 is 11.8 Å². The first kappa shape index (κ1) is 10.8. The van der Waals surface area contributed by atoms with Crippen LogP contribution in [0.5, 0.6) is 0 Å². The van der Waals surface area contributed by atoms with Crippen molar-refractivity contribution in [2.45, 2.75) is 0 Å². The maximum absolute atomic E-state index is 11.6. The molecule has 1 aromatic rings. The molecule has 0 bridgehead atoms. The van der Waals surface area contributed by atoms with Crippen LogP contribution < -0.4 is 3.89 Å². The Hall–Kier alpha value is -1.72. The largest absolute Gasteiger partial charge is 0.363 e. The number of hydrogen-bond acceptors (Lipinski definition) is 4. The van der Waals surface area contributed by atoms with Crippen LogP contribution in [-0.2, 0) is 9.59 Å². The Kier molecular flexibility index (Phi) is 2.49. The number of thiol groups is 1. The topological polar surface area (TPSA) is 51.2 Å². The van der Waals surface area contributed by atoms with Crippen LogP contribution >= 0.6 is 12.8 Å². The standard InChI is InChI=1S/C11H8NO3S/c13-7-8-2-1-3-9(6-8)12(16)10(14)4-5-11(12)15/h1-7,16H/q+1. The summed E-state index contributed by atoms with van der Waals surface area (Å²) in [5.74, 6) is -0.868. The monoisotopic (exact) mass is 234 g/mol. The van der Waals surface area contributed by atoms with Crippen LogP contribution in [0.3, 0.4) is 0 Å². The lowest BCUT2D eigenvalue weighted by molar-refractivity contribution is -0.129. The van der Waals surface area contributed by atoms with E-state index in [1.807, 2.05) is 0 Å². The molecule has 0 fully saturated rings. The van der Waals surface area contributed by atoms with Crippen molar-refractivity contribution in [2.24, 2.45) is 0 Å². The molecule has 0 aliphatic carbocycles. The van der Waals surface area contributed by atoms with Gasteiger partial charge in [-0.2, -0.15) is 0 Å². The number of nitrogens with zero attached hydrogens (tertiary/aromatic N) is 1. The Bertz CT molecular complexity index is 504. The zero-order valence-corrected chi connectivity index (χ0v) is 9.06. The molecule has 1 aromatic carbocycles. The summed E-state index contributed by atoms with van der Waals surface area (Å²) in [6.45, 7) is 0. The Morgan fingerprint density at radius 1 is 1.12 bits per heavy atom. The van der Waals surface area contributed by atoms with E-state index in [1.165, 1.54) is 18.2 Å². The molecule has 1 aliphatic rings. The van der Waals surface area contributed by atoms with Gasteiger partial charge in [-0.25, -0.2) is 9.59 Å². The fourth-order valence-electron chi connectivity index (χ4n) is 1.52. The molecule has 1 aliphatic heterocycles. The van der Waals surface area contributed by atoms with E-state index >= 15 is 0 Å². The predicted molar refractivity (Wildman–Crippen MR) is 61.8 cm³/mol. The summed E-state index contributed by atoms with van der Waals surface area (Å²) >= 11 is 4.11. The fraction of sp³-hybridized carbons (Fsp3) is 0. The van der Waals surface area contributed by atoms with Crippen molar-refractivity contribution in [3.05, 3.63) is 42.0 Å². The summed E-state index contributed by atoms with van der Waals surface area (Å²) < 4.78 is -0.734. The minimum absolute atomic E-state index is 0.368. The second-order valence-corrected chi connectivity index (χ2v) is 3.96. The van der Waals surface area contributed by atoms with Crippen molar-refractivity contribution in [1.29, 1.82) is 0 Å². The highest BCUT2D eigenvalue weighted by atomic mass is 32.1. The van der Waals surface area contributed by atoms with E-state index in [2.05, 4.69) is 12.8 Å². The van der Waals surface area contributed by atoms with E-state index in [-0.39, 0.29) is 0 Å². The van der Waals surface area contributed by atoms with E-state index in [1.54, 1.807) is 18.2 Å². The minimum Gasteiger partial charge on any atom is -0.298 e. The van der Waals surface area contributed by atoms with E-state index in [4.69, 9.17) is 0 Å². The first-order valence-electron chi connectivity index (χ1n) is 4.54. The van der Waals surface area contributed by atoms with Crippen molar-refractivity contribution in [1.82, 2.24) is 3.89 Å². The molecule has 80 valence electrons. The molecule has 5 heteroatoms. The van der Waals surface area contributed by atoms with Crippen molar-refractivity contribution < 1.29 is 14.4 Å². The minimum atomic E-state index is -0.734. The molecule has 16 heavy (non-hydrogen) atoms. The summed E-state index contributed by atoms with van der Waals surface area (Å²) in [6.07, 6.45) is 3.02. The number of hydrogen-bond donors (Lipinski definition) is 1. The molecule has 0 saturated carbocycles. The molecule has 2 rings (SSSR count). The third-order valence-corrected chi connectivity index (χ3v) is 3.01. The van der Waals surface area contributed by atoms with Crippen molar-refractivity contribution >= 4 is 36.6 Å². The average molecular weight is 234 g/mol. The maximum atomic E-state index is 11.6. The Balaban J connectivity index is 2.55. The second kappa shape index (κ2) is 3.70. The number of rotatable bonds is 2. The smallest absolute Gasteiger partial charge is 0.298 e. The molecule has 0 atom stereocenters. The van der Waals surface area contributed by atoms with Gasteiger partial charge in [0.1, 0.15) is 6.29 Å². The van der Waals surface area contributed by atoms with Crippen LogP contribution in [0, 0.1) is 0 Å². The Morgan fingerprint density at radius 3 is 2.31 bits per heavy atom. The van der Waals surface area contributed by atoms with Gasteiger partial charge in [0.2, 0.25) is 0 Å². The fourth-order valence-corrected chi connectivity index (χ4v) is 1.78. The molecule has 4 nitrogen and oxygen atoms in total. The Labute approximate surface area is 97.3 Å². The van der Waals surface area contributed by atoms with Gasteiger partial charge in [0, 0.05) is 17.7 Å². The van der Waals surface area contributed by atoms with Crippen LogP contribution in [0.15, 0.2) is 36.4 Å². The number of quaternary nitrogens is 1. The quantitative estimate of drug-likeness (QED) is 0.363. The number of carbonyl (C=O) groups excluding carboxylic acids is 3. The van der Waals surface area contributed by atoms with Gasteiger partial charge in [-0.3, -0.25) is 4.79 Å². The van der Waals surface area contributed by atoms with Crippen LogP contribution in [0.4, 0.5) is 5.69 Å². The van der Waals surface area contributed by atoms with E-state index < -0.39 is 15.7 Å². The van der Waals surface area contributed by atoms with Gasteiger partial charge in [-0.15, -0.1) is 0 Å². The van der Waals surface area contributed by atoms with Gasteiger partial charge in [-0.05, 0) is 0 Å². The highest BCUT2D eigenvalue weighted by Gasteiger charge is 2.46. The van der Waals surface area contributed by atoms with E-state index in [0.717, 1.165) is 0 Å². The van der Waals surface area contributed by atoms with Gasteiger partial charge < -0.3 is 0 Å². The molecule has 0 unspecified atom stereocenters. The lowest BCUT2D eigenvalue weighted by Gasteiger charge is -2.19. The zero-order chi connectivity index (χ0) is 11.8. The molecule has 0 N–H and O–H groups in total. The van der Waals surface area contributed by atoms with Crippen molar-refractivity contribution in [3.8, 4) is 0 Å². The van der Waals surface area contributed by atoms with Crippen LogP contribution in [0.25, 0.3) is 0 Å². The van der Waals surface area contributed by atoms with Crippen molar-refractivity contribution in [2.75, 3.05) is 0 Å². The number of imide groups is 1. The molecule has 0 radical (unpaired) electrons. The third-order valence-electron chi connectivity index (χ3n) is 2.39. The van der Waals surface area contributed by atoms with Gasteiger partial charge in [-0.1, -0.05) is 16.0 Å². The summed E-state index contributed by atoms with van der Waals surface area (Å²) in [4.78, 5) is 33.8. The SMILES string of the molecule is O=Cc1cccc([N+]2(S)C(=O)C=CC2=O)c1. The molecule has 1 heterocycles. The molecular weight excluding hydrogens is 226 g/mol. The lowest BCUT2D eigenvalue weighted by Crippen LogP contribution is -2.45. The lowest BCUT2D eigenvalue weighted by atomic mass is 10.2. The first-order valence-corrected chi connectivity index (χ1v) is 4.94. The maximum Gasteiger partial charge on any atom is 0.363 e. The molecule has 0 saturated heterocycles. The van der Waals surface area contributed by atoms with Gasteiger partial charge in [0.25, 0.3) is 0 Å². The summed E-state index contributed by atoms with van der Waals surface area (Å²) in [5, 5.41) is 0. The summed E-state index contributed by atoms with van der Waals surface area (Å²) in [6, 6.07) is 6.26. The average Bonchev–Trinajstić information content (AvgIpc) is 2.58. The third kappa shape index (κ3) is 1.41. The number of carbonyl (C=O) groups is 3. The first-order chi connectivity index (χ1) is 7.59. The Morgan fingerprint density at radius 2 is 1.75 bits per heavy atom. The van der Waals surface area contributed by atoms with Gasteiger partial charge in [0.05, 0.1) is 25.0 Å². The zero-order valence-electron chi connectivity index (χ0n) is 8.16. The number of amides is 2. The van der Waals surface area contributed by atoms with E-state index in [9.17, 15) is 14.4 Å². The highest BCUT2D eigenvalue weighted by Crippen LogP contribution is 2.31. The number of benzene rings is 1. The molecule has 2 amide bonds. The van der Waals surface area contributed by atoms with Crippen molar-refractivity contribution in [3.63, 3.8) is 0 Å². The highest BCUT2D eigenvalue weighted by molar-refractivity contribution is 7.81. The summed E-state index contributed by atoms with van der Waals surface area (Å²) in [5.41, 5.74) is 0.768. The van der Waals surface area contributed by atoms with Crippen LogP contribution in [0.1, 0.15) is 10.4 Å². The predicted octanol–water partition coefficient (Wildman–Crippen LogP) is 1.27. The normalized spacial score (nSPS) is 17.8. The number of aldehydes is 1. The van der Waals surface area contributed by atoms with Gasteiger partial charge in [0.15, 0.2) is 5.69 Å². The van der Waals surface area contributed by atoms with Crippen LogP contribution in [0.2, 0.25) is 0 Å². The summed E-state index contributed by atoms with van der Waals surface area (Å²) in [7, 11) is 0. The second-order valence-electron chi connectivity index (χ2n) is 3.36. The molecular formula is C11H8NO3S+. The van der Waals surface area contributed by atoms with Crippen LogP contribution in [-0.4, -0.2) is 18.1 Å². The molecule has 0 aromatic heterocycles. The molecule has 0 spiro atoms. The van der Waals surface area contributed by atoms with E-state index in [0.29, 0.717) is 17.5 Å².